The molecule has 1 spiro atoms. The molecule has 3 aliphatic rings. The summed E-state index contributed by atoms with van der Waals surface area (Å²) in [6, 6.07) is 7.46. The maximum absolute atomic E-state index is 12.9. The number of aryl methyl sites for hydroxylation is 1. The lowest BCUT2D eigenvalue weighted by Gasteiger charge is -2.39. The van der Waals surface area contributed by atoms with E-state index in [4.69, 9.17) is 9.47 Å². The van der Waals surface area contributed by atoms with Crippen molar-refractivity contribution in [2.45, 2.75) is 36.6 Å². The van der Waals surface area contributed by atoms with Crippen LogP contribution in [0.15, 0.2) is 36.7 Å². The molecule has 8 heteroatoms. The topological polar surface area (TPSA) is 76.8 Å². The van der Waals surface area contributed by atoms with Crippen molar-refractivity contribution in [3.05, 3.63) is 48.0 Å². The van der Waals surface area contributed by atoms with Crippen LogP contribution in [0.5, 0.6) is 5.75 Å². The number of hydrogen-bond acceptors (Lipinski definition) is 6. The van der Waals surface area contributed by atoms with Crippen molar-refractivity contribution in [2.24, 2.45) is 7.05 Å². The molecule has 4 heterocycles. The van der Waals surface area contributed by atoms with Crippen LogP contribution in [0, 0.1) is 0 Å². The third-order valence-electron chi connectivity index (χ3n) is 6.44. The Morgan fingerprint density at radius 3 is 2.60 bits per heavy atom. The van der Waals surface area contributed by atoms with Crippen molar-refractivity contribution >= 4 is 17.7 Å². The summed E-state index contributed by atoms with van der Waals surface area (Å²) < 4.78 is 13.8. The highest BCUT2D eigenvalue weighted by Gasteiger charge is 2.52. The predicted molar refractivity (Wildman–Crippen MR) is 114 cm³/mol. The van der Waals surface area contributed by atoms with Crippen LogP contribution >= 0.6 is 11.8 Å². The van der Waals surface area contributed by atoms with Gasteiger partial charge in [-0.2, -0.15) is 11.8 Å². The van der Waals surface area contributed by atoms with Crippen LogP contribution in [0.3, 0.4) is 0 Å². The minimum absolute atomic E-state index is 0.0351. The molecule has 7 nitrogen and oxygen atoms in total. The van der Waals surface area contributed by atoms with E-state index >= 15 is 0 Å². The molecule has 3 aliphatic heterocycles. The fraction of sp³-hybridized carbons (Fsp3) is 0.545. The Kier molecular flexibility index (Phi) is 5.03. The van der Waals surface area contributed by atoms with Crippen molar-refractivity contribution in [2.75, 3.05) is 31.2 Å². The third kappa shape index (κ3) is 3.61. The molecule has 3 saturated heterocycles. The molecule has 0 aliphatic carbocycles. The third-order valence-corrected chi connectivity index (χ3v) is 7.66. The Hall–Kier alpha value is -2.03. The monoisotopic (exact) mass is 429 g/mol. The van der Waals surface area contributed by atoms with Gasteiger partial charge in [0.25, 0.3) is 5.91 Å². The van der Waals surface area contributed by atoms with E-state index in [0.29, 0.717) is 49.8 Å². The zero-order chi connectivity index (χ0) is 20.8. The summed E-state index contributed by atoms with van der Waals surface area (Å²) in [5, 5.41) is 11.1. The Labute approximate surface area is 180 Å². The standard InChI is InChI=1S/C22H27N3O4S/c1-24-11-8-23-20(24)22(27)14-21(28-15-22)6-9-25(10-7-21)19(26)16-2-4-17(5-3-16)29-18-12-30-13-18/h2-5,8,11,18,27H,6-7,9-10,12-15H2,1H3/t22-/m1/s1. The normalized spacial score (nSPS) is 26.0. The van der Waals surface area contributed by atoms with Crippen LogP contribution in [-0.2, 0) is 17.4 Å². The van der Waals surface area contributed by atoms with Gasteiger partial charge in [-0.1, -0.05) is 0 Å². The predicted octanol–water partition coefficient (Wildman–Crippen LogP) is 2.20. The number of ether oxygens (including phenoxy) is 2. The van der Waals surface area contributed by atoms with Crippen molar-refractivity contribution in [3.63, 3.8) is 0 Å². The summed E-state index contributed by atoms with van der Waals surface area (Å²) in [4.78, 5) is 19.1. The first kappa shape index (κ1) is 19.9. The second-order valence-electron chi connectivity index (χ2n) is 8.64. The fourth-order valence-electron chi connectivity index (χ4n) is 4.64. The van der Waals surface area contributed by atoms with Crippen LogP contribution in [-0.4, -0.2) is 68.4 Å². The van der Waals surface area contributed by atoms with Crippen LogP contribution in [0.4, 0.5) is 0 Å². The molecule has 1 amide bonds. The highest BCUT2D eigenvalue weighted by Crippen LogP contribution is 2.44. The van der Waals surface area contributed by atoms with Gasteiger partial charge in [-0.05, 0) is 37.1 Å². The SMILES string of the molecule is Cn1ccnc1[C@]1(O)COC2(CCN(C(=O)c3ccc(OC4CSC4)cc3)CC2)C1. The molecule has 1 aromatic heterocycles. The molecule has 3 fully saturated rings. The lowest BCUT2D eigenvalue weighted by Crippen LogP contribution is -2.47. The molecule has 2 aromatic rings. The van der Waals surface area contributed by atoms with Gasteiger partial charge in [0.15, 0.2) is 0 Å². The highest BCUT2D eigenvalue weighted by atomic mass is 32.2. The number of thioether (sulfide) groups is 1. The molecule has 1 aromatic carbocycles. The lowest BCUT2D eigenvalue weighted by molar-refractivity contribution is -0.0438. The minimum atomic E-state index is -1.07. The molecule has 30 heavy (non-hydrogen) atoms. The highest BCUT2D eigenvalue weighted by molar-refractivity contribution is 8.00. The number of aliphatic hydroxyl groups is 1. The van der Waals surface area contributed by atoms with E-state index < -0.39 is 11.2 Å². The number of imidazole rings is 1. The number of likely N-dealkylation sites (tertiary alicyclic amines) is 1. The molecule has 0 saturated carbocycles. The van der Waals surface area contributed by atoms with Crippen LogP contribution in [0.25, 0.3) is 0 Å². The van der Waals surface area contributed by atoms with Crippen molar-refractivity contribution in [1.29, 1.82) is 0 Å². The second-order valence-corrected chi connectivity index (χ2v) is 9.71. The zero-order valence-corrected chi connectivity index (χ0v) is 17.9. The van der Waals surface area contributed by atoms with Crippen molar-refractivity contribution in [1.82, 2.24) is 14.5 Å². The van der Waals surface area contributed by atoms with Crippen molar-refractivity contribution < 1.29 is 19.4 Å². The van der Waals surface area contributed by atoms with Gasteiger partial charge in [-0.3, -0.25) is 4.79 Å². The maximum atomic E-state index is 12.9. The average molecular weight is 430 g/mol. The number of amides is 1. The number of carbonyl (C=O) groups is 1. The van der Waals surface area contributed by atoms with E-state index in [9.17, 15) is 9.90 Å². The molecule has 160 valence electrons. The Bertz CT molecular complexity index is 919. The molecular weight excluding hydrogens is 402 g/mol. The van der Waals surface area contributed by atoms with Gasteiger partial charge in [0.05, 0.1) is 12.2 Å². The van der Waals surface area contributed by atoms with Crippen LogP contribution in [0.1, 0.15) is 35.4 Å². The summed E-state index contributed by atoms with van der Waals surface area (Å²) in [5.41, 5.74) is -0.784. The summed E-state index contributed by atoms with van der Waals surface area (Å²) in [5.74, 6) is 3.57. The largest absolute Gasteiger partial charge is 0.489 e. The molecular formula is C22H27N3O4S. The van der Waals surface area contributed by atoms with E-state index in [1.54, 1.807) is 6.20 Å². The lowest BCUT2D eigenvalue weighted by atomic mass is 9.83. The van der Waals surface area contributed by atoms with Gasteiger partial charge >= 0.3 is 0 Å². The van der Waals surface area contributed by atoms with E-state index in [-0.39, 0.29) is 12.5 Å². The Morgan fingerprint density at radius 1 is 1.27 bits per heavy atom. The van der Waals surface area contributed by atoms with Gasteiger partial charge < -0.3 is 24.0 Å². The summed E-state index contributed by atoms with van der Waals surface area (Å²) >= 11 is 1.88. The molecule has 0 unspecified atom stereocenters. The number of nitrogens with zero attached hydrogens (tertiary/aromatic N) is 3. The van der Waals surface area contributed by atoms with Gasteiger partial charge in [0, 0.05) is 56.0 Å². The van der Waals surface area contributed by atoms with E-state index in [0.717, 1.165) is 17.3 Å². The number of benzene rings is 1. The maximum Gasteiger partial charge on any atom is 0.253 e. The van der Waals surface area contributed by atoms with Gasteiger partial charge in [-0.25, -0.2) is 4.98 Å². The van der Waals surface area contributed by atoms with Gasteiger partial charge in [0.2, 0.25) is 0 Å². The molecule has 1 N–H and O–H groups in total. The first-order valence-electron chi connectivity index (χ1n) is 10.4. The first-order valence-corrected chi connectivity index (χ1v) is 11.6. The van der Waals surface area contributed by atoms with E-state index in [2.05, 4.69) is 4.98 Å². The van der Waals surface area contributed by atoms with Gasteiger partial charge in [0.1, 0.15) is 23.3 Å². The van der Waals surface area contributed by atoms with Gasteiger partial charge in [-0.15, -0.1) is 0 Å². The molecule has 5 rings (SSSR count). The first-order chi connectivity index (χ1) is 14.5. The summed E-state index contributed by atoms with van der Waals surface area (Å²) in [6.07, 6.45) is 5.77. The van der Waals surface area contributed by atoms with E-state index in [1.807, 2.05) is 58.7 Å². The second kappa shape index (κ2) is 7.59. The number of piperidine rings is 1. The minimum Gasteiger partial charge on any atom is -0.489 e. The zero-order valence-electron chi connectivity index (χ0n) is 17.1. The molecule has 0 bridgehead atoms. The smallest absolute Gasteiger partial charge is 0.253 e. The van der Waals surface area contributed by atoms with Crippen molar-refractivity contribution in [3.8, 4) is 5.75 Å². The number of aromatic nitrogens is 2. The Balaban J connectivity index is 1.20. The number of carbonyl (C=O) groups excluding carboxylic acids is 1. The van der Waals surface area contributed by atoms with E-state index in [1.165, 1.54) is 0 Å². The van der Waals surface area contributed by atoms with Crippen LogP contribution < -0.4 is 4.74 Å². The summed E-state index contributed by atoms with van der Waals surface area (Å²) in [7, 11) is 1.88. The summed E-state index contributed by atoms with van der Waals surface area (Å²) in [6.45, 7) is 1.48. The average Bonchev–Trinajstić information content (AvgIpc) is 3.30. The molecule has 0 radical (unpaired) electrons. The van der Waals surface area contributed by atoms with Crippen LogP contribution in [0.2, 0.25) is 0 Å². The molecule has 1 atom stereocenters. The number of rotatable bonds is 4. The quantitative estimate of drug-likeness (QED) is 0.803. The Morgan fingerprint density at radius 2 is 2.00 bits per heavy atom. The fourth-order valence-corrected chi connectivity index (χ4v) is 5.20. The number of hydrogen-bond donors (Lipinski definition) is 1.